The molecule has 0 saturated carbocycles. The molecule has 3 aromatic rings. The van der Waals surface area contributed by atoms with Crippen LogP contribution in [0.25, 0.3) is 22.1 Å². The molecule has 2 aromatic carbocycles. The van der Waals surface area contributed by atoms with Crippen LogP contribution < -0.4 is 14.9 Å². The first-order chi connectivity index (χ1) is 11.1. The van der Waals surface area contributed by atoms with Crippen molar-refractivity contribution in [2.24, 2.45) is 0 Å². The average molecular weight is 314 g/mol. The molecule has 0 fully saturated rings. The van der Waals surface area contributed by atoms with Gasteiger partial charge in [-0.15, -0.1) is 0 Å². The Kier molecular flexibility index (Phi) is 3.57. The van der Waals surface area contributed by atoms with Gasteiger partial charge in [0.15, 0.2) is 11.3 Å². The normalized spacial score (nSPS) is 10.7. The molecule has 2 N–H and O–H groups in total. The molecule has 0 atom stereocenters. The third kappa shape index (κ3) is 2.34. The Bertz CT molecular complexity index is 924. The van der Waals surface area contributed by atoms with Crippen LogP contribution in [-0.2, 0) is 0 Å². The number of fused-ring (bicyclic) bond motifs is 1. The van der Waals surface area contributed by atoms with Gasteiger partial charge in [0, 0.05) is 6.07 Å². The molecule has 0 amide bonds. The summed E-state index contributed by atoms with van der Waals surface area (Å²) in [5, 5.41) is 19.7. The Morgan fingerprint density at radius 1 is 1.00 bits per heavy atom. The van der Waals surface area contributed by atoms with Crippen LogP contribution in [0.2, 0.25) is 0 Å². The molecular weight excluding hydrogens is 300 g/mol. The molecule has 0 aliphatic heterocycles. The monoisotopic (exact) mass is 314 g/mol. The van der Waals surface area contributed by atoms with E-state index in [2.05, 4.69) is 0 Å². The highest BCUT2D eigenvalue weighted by Crippen LogP contribution is 2.39. The topological polar surface area (TPSA) is 89.1 Å². The van der Waals surface area contributed by atoms with Crippen molar-refractivity contribution in [3.63, 3.8) is 0 Å². The molecule has 1 heterocycles. The zero-order chi connectivity index (χ0) is 16.6. The van der Waals surface area contributed by atoms with E-state index in [0.29, 0.717) is 11.3 Å². The summed E-state index contributed by atoms with van der Waals surface area (Å²) in [5.41, 5.74) is 0.468. The molecule has 0 radical (unpaired) electrons. The van der Waals surface area contributed by atoms with E-state index in [1.54, 1.807) is 31.4 Å². The molecule has 0 unspecified atom stereocenters. The first-order valence-corrected chi connectivity index (χ1v) is 6.75. The highest BCUT2D eigenvalue weighted by molar-refractivity contribution is 5.92. The molecule has 118 valence electrons. The van der Waals surface area contributed by atoms with Crippen LogP contribution in [-0.4, -0.2) is 24.4 Å². The maximum absolute atomic E-state index is 12.7. The number of rotatable bonds is 3. The third-order valence-electron chi connectivity index (χ3n) is 3.57. The second kappa shape index (κ2) is 5.57. The summed E-state index contributed by atoms with van der Waals surface area (Å²) in [4.78, 5) is 12.7. The fourth-order valence-corrected chi connectivity index (χ4v) is 2.42. The van der Waals surface area contributed by atoms with Crippen molar-refractivity contribution in [2.75, 3.05) is 14.2 Å². The number of ether oxygens (including phenoxy) is 2. The molecule has 0 aliphatic rings. The number of phenolic OH excluding ortho intramolecular Hbond substituents is 2. The summed E-state index contributed by atoms with van der Waals surface area (Å²) in [6.07, 6.45) is 1.27. The molecule has 0 spiro atoms. The Balaban J connectivity index is 2.28. The summed E-state index contributed by atoms with van der Waals surface area (Å²) >= 11 is 0. The lowest BCUT2D eigenvalue weighted by Gasteiger charge is -2.09. The van der Waals surface area contributed by atoms with Gasteiger partial charge in [-0.05, 0) is 17.7 Å². The van der Waals surface area contributed by atoms with E-state index >= 15 is 0 Å². The van der Waals surface area contributed by atoms with Crippen LogP contribution in [0.4, 0.5) is 0 Å². The smallest absolute Gasteiger partial charge is 0.204 e. The van der Waals surface area contributed by atoms with Crippen LogP contribution in [0.5, 0.6) is 23.0 Å². The van der Waals surface area contributed by atoms with Crippen LogP contribution in [0.3, 0.4) is 0 Å². The van der Waals surface area contributed by atoms with Crippen molar-refractivity contribution < 1.29 is 24.1 Å². The third-order valence-corrected chi connectivity index (χ3v) is 3.57. The molecule has 0 aliphatic carbocycles. The number of hydrogen-bond acceptors (Lipinski definition) is 6. The summed E-state index contributed by atoms with van der Waals surface area (Å²) in [6, 6.07) is 7.92. The van der Waals surface area contributed by atoms with Gasteiger partial charge in [0.05, 0.1) is 19.8 Å². The maximum atomic E-state index is 12.7. The van der Waals surface area contributed by atoms with E-state index in [1.165, 1.54) is 13.4 Å². The standard InChI is InChI=1S/C17H14O6/c1-21-10-5-3-9(4-6-10)11-8-23-17-14(15(11)20)12(18)7-13(19)16(17)22-2/h3-8,18-19H,1-2H3. The summed E-state index contributed by atoms with van der Waals surface area (Å²) in [5.74, 6) is -0.0233. The van der Waals surface area contributed by atoms with E-state index in [-0.39, 0.29) is 33.8 Å². The van der Waals surface area contributed by atoms with Crippen molar-refractivity contribution >= 4 is 11.0 Å². The zero-order valence-corrected chi connectivity index (χ0v) is 12.5. The highest BCUT2D eigenvalue weighted by atomic mass is 16.5. The van der Waals surface area contributed by atoms with Gasteiger partial charge in [-0.3, -0.25) is 4.79 Å². The second-order valence-electron chi connectivity index (χ2n) is 4.86. The molecular formula is C17H14O6. The minimum absolute atomic E-state index is 0.00354. The first-order valence-electron chi connectivity index (χ1n) is 6.75. The lowest BCUT2D eigenvalue weighted by Crippen LogP contribution is -2.06. The Morgan fingerprint density at radius 2 is 1.70 bits per heavy atom. The molecule has 0 bridgehead atoms. The van der Waals surface area contributed by atoms with Crippen molar-refractivity contribution in [2.45, 2.75) is 0 Å². The summed E-state index contributed by atoms with van der Waals surface area (Å²) < 4.78 is 15.6. The fraction of sp³-hybridized carbons (Fsp3) is 0.118. The minimum Gasteiger partial charge on any atom is -0.507 e. The lowest BCUT2D eigenvalue weighted by molar-refractivity contribution is 0.367. The second-order valence-corrected chi connectivity index (χ2v) is 4.86. The van der Waals surface area contributed by atoms with Gasteiger partial charge < -0.3 is 24.1 Å². The fourth-order valence-electron chi connectivity index (χ4n) is 2.42. The molecule has 6 nitrogen and oxygen atoms in total. The Morgan fingerprint density at radius 3 is 2.30 bits per heavy atom. The number of benzene rings is 2. The zero-order valence-electron chi connectivity index (χ0n) is 12.5. The van der Waals surface area contributed by atoms with Crippen molar-refractivity contribution in [1.29, 1.82) is 0 Å². The molecule has 23 heavy (non-hydrogen) atoms. The van der Waals surface area contributed by atoms with Gasteiger partial charge in [-0.1, -0.05) is 12.1 Å². The van der Waals surface area contributed by atoms with Gasteiger partial charge in [-0.25, -0.2) is 0 Å². The van der Waals surface area contributed by atoms with Crippen molar-refractivity contribution in [3.8, 4) is 34.1 Å². The Labute approximate surface area is 131 Å². The number of phenols is 2. The minimum atomic E-state index is -0.424. The van der Waals surface area contributed by atoms with Gasteiger partial charge in [0.25, 0.3) is 0 Å². The SMILES string of the molecule is COc1ccc(-c2coc3c(OC)c(O)cc(O)c3c2=O)cc1. The molecule has 0 saturated heterocycles. The molecule has 1 aromatic heterocycles. The summed E-state index contributed by atoms with van der Waals surface area (Å²) in [7, 11) is 2.89. The van der Waals surface area contributed by atoms with Crippen LogP contribution in [0, 0.1) is 0 Å². The number of methoxy groups -OCH3 is 2. The predicted molar refractivity (Wildman–Crippen MR) is 84.4 cm³/mol. The largest absolute Gasteiger partial charge is 0.507 e. The lowest BCUT2D eigenvalue weighted by atomic mass is 10.0. The van der Waals surface area contributed by atoms with Gasteiger partial charge >= 0.3 is 0 Å². The molecule has 3 rings (SSSR count). The summed E-state index contributed by atoms with van der Waals surface area (Å²) in [6.45, 7) is 0. The van der Waals surface area contributed by atoms with Crippen molar-refractivity contribution in [1.82, 2.24) is 0 Å². The first kappa shape index (κ1) is 14.8. The Hall–Kier alpha value is -3.15. The van der Waals surface area contributed by atoms with Crippen LogP contribution >= 0.6 is 0 Å². The van der Waals surface area contributed by atoms with Gasteiger partial charge in [-0.2, -0.15) is 0 Å². The number of hydrogen-bond donors (Lipinski definition) is 2. The van der Waals surface area contributed by atoms with E-state index in [9.17, 15) is 15.0 Å². The molecule has 6 heteroatoms. The maximum Gasteiger partial charge on any atom is 0.204 e. The van der Waals surface area contributed by atoms with Crippen LogP contribution in [0.1, 0.15) is 0 Å². The van der Waals surface area contributed by atoms with E-state index in [4.69, 9.17) is 13.9 Å². The van der Waals surface area contributed by atoms with E-state index < -0.39 is 5.43 Å². The van der Waals surface area contributed by atoms with Gasteiger partial charge in [0.2, 0.25) is 11.2 Å². The van der Waals surface area contributed by atoms with E-state index in [0.717, 1.165) is 6.07 Å². The van der Waals surface area contributed by atoms with Gasteiger partial charge in [0.1, 0.15) is 23.1 Å². The number of aromatic hydroxyl groups is 2. The average Bonchev–Trinajstić information content (AvgIpc) is 2.55. The van der Waals surface area contributed by atoms with E-state index in [1.807, 2.05) is 0 Å². The predicted octanol–water partition coefficient (Wildman–Crippen LogP) is 2.89. The van der Waals surface area contributed by atoms with Crippen molar-refractivity contribution in [3.05, 3.63) is 46.8 Å². The quantitative estimate of drug-likeness (QED) is 0.772. The van der Waals surface area contributed by atoms with Crippen LogP contribution in [0.15, 0.2) is 45.8 Å². The highest BCUT2D eigenvalue weighted by Gasteiger charge is 2.19.